The van der Waals surface area contributed by atoms with Gasteiger partial charge in [-0.15, -0.1) is 11.3 Å². The van der Waals surface area contributed by atoms with Crippen LogP contribution in [0, 0.1) is 0 Å². The first-order chi connectivity index (χ1) is 15.3. The molecule has 7 nitrogen and oxygen atoms in total. The lowest BCUT2D eigenvalue weighted by Crippen LogP contribution is -2.40. The quantitative estimate of drug-likeness (QED) is 0.421. The number of amides is 1. The molecule has 0 spiro atoms. The second kappa shape index (κ2) is 9.92. The van der Waals surface area contributed by atoms with E-state index in [1.165, 1.54) is 15.6 Å². The number of ether oxygens (including phenoxy) is 1. The molecule has 1 fully saturated rings. The Bertz CT molecular complexity index is 1300. The normalized spacial score (nSPS) is 18.1. The van der Waals surface area contributed by atoms with Gasteiger partial charge in [0, 0.05) is 19.7 Å². The van der Waals surface area contributed by atoms with Gasteiger partial charge in [-0.3, -0.25) is 4.79 Å². The maximum absolute atomic E-state index is 13.2. The number of benzene rings is 1. The number of hydrogen-bond acceptors (Lipinski definition) is 6. The van der Waals surface area contributed by atoms with Crippen molar-refractivity contribution in [3.63, 3.8) is 0 Å². The van der Waals surface area contributed by atoms with Crippen molar-refractivity contribution in [2.45, 2.75) is 36.6 Å². The van der Waals surface area contributed by atoms with Crippen molar-refractivity contribution in [3.8, 4) is 0 Å². The van der Waals surface area contributed by atoms with Crippen molar-refractivity contribution in [1.82, 2.24) is 8.87 Å². The summed E-state index contributed by atoms with van der Waals surface area (Å²) in [7, 11) is -3.74. The largest absolute Gasteiger partial charge is 0.380 e. The van der Waals surface area contributed by atoms with E-state index < -0.39 is 22.0 Å². The van der Waals surface area contributed by atoms with E-state index >= 15 is 0 Å². The van der Waals surface area contributed by atoms with Gasteiger partial charge >= 0.3 is 0 Å². The maximum atomic E-state index is 13.2. The highest BCUT2D eigenvalue weighted by atomic mass is 35.5. The molecule has 0 N–H and O–H groups in total. The average molecular weight is 535 g/mol. The zero-order valence-electron chi connectivity index (χ0n) is 17.2. The summed E-state index contributed by atoms with van der Waals surface area (Å²) < 4.78 is 35.6. The summed E-state index contributed by atoms with van der Waals surface area (Å²) in [5.74, 6) is -0.494. The third kappa shape index (κ3) is 4.54. The molecule has 3 heterocycles. The molecule has 1 aliphatic rings. The van der Waals surface area contributed by atoms with Crippen molar-refractivity contribution in [1.29, 1.82) is 0 Å². The highest BCUT2D eigenvalue weighted by Gasteiger charge is 2.40. The summed E-state index contributed by atoms with van der Waals surface area (Å²) in [5.41, 5.74) is 0.685. The Morgan fingerprint density at radius 1 is 1.28 bits per heavy atom. The minimum absolute atomic E-state index is 0.226. The molecule has 0 bridgehead atoms. The van der Waals surface area contributed by atoms with Crippen LogP contribution in [0.4, 0.5) is 0 Å². The molecule has 32 heavy (non-hydrogen) atoms. The van der Waals surface area contributed by atoms with Crippen molar-refractivity contribution >= 4 is 72.0 Å². The van der Waals surface area contributed by atoms with E-state index in [4.69, 9.17) is 27.9 Å². The van der Waals surface area contributed by atoms with E-state index in [2.05, 4.69) is 4.99 Å². The molecular formula is C20H21Cl2N3O4S3. The molecule has 12 heteroatoms. The lowest BCUT2D eigenvalue weighted by atomic mass is 10.2. The standard InChI is InChI=1S/C20H21Cl2N3O4S3/c1-2-29-11-10-24-17-13(21)7-8-14(22)18(17)31-20(24)23-19(26)15-5-3-9-25(15)32(27,28)16-6-4-12-30-16/h4,6-8,12,15H,2-3,5,9-11H2,1H3. The number of aromatic nitrogens is 1. The summed E-state index contributed by atoms with van der Waals surface area (Å²) in [6.45, 7) is 3.59. The molecule has 1 aliphatic heterocycles. The number of carbonyl (C=O) groups is 1. The summed E-state index contributed by atoms with van der Waals surface area (Å²) >= 11 is 15.2. The lowest BCUT2D eigenvalue weighted by Gasteiger charge is -2.20. The number of thiophene rings is 1. The molecule has 1 atom stereocenters. The predicted octanol–water partition coefficient (Wildman–Crippen LogP) is 4.39. The van der Waals surface area contributed by atoms with Gasteiger partial charge in [0.1, 0.15) is 10.3 Å². The molecule has 1 unspecified atom stereocenters. The Labute approximate surface area is 203 Å². The van der Waals surface area contributed by atoms with Gasteiger partial charge in [-0.1, -0.05) is 40.6 Å². The fraction of sp³-hybridized carbons (Fsp3) is 0.400. The summed E-state index contributed by atoms with van der Waals surface area (Å²) in [5, 5.41) is 2.71. The molecule has 0 radical (unpaired) electrons. The summed E-state index contributed by atoms with van der Waals surface area (Å²) in [4.78, 5) is 18.0. The number of carbonyl (C=O) groups excluding carboxylic acids is 1. The van der Waals surface area contributed by atoms with Crippen LogP contribution in [-0.2, 0) is 26.1 Å². The van der Waals surface area contributed by atoms with Crippen LogP contribution in [0.5, 0.6) is 0 Å². The van der Waals surface area contributed by atoms with Crippen LogP contribution in [0.3, 0.4) is 0 Å². The summed E-state index contributed by atoms with van der Waals surface area (Å²) in [6, 6.07) is 5.80. The van der Waals surface area contributed by atoms with Crippen molar-refractivity contribution < 1.29 is 17.9 Å². The fourth-order valence-electron chi connectivity index (χ4n) is 3.67. The minimum Gasteiger partial charge on any atom is -0.380 e. The highest BCUT2D eigenvalue weighted by molar-refractivity contribution is 7.91. The molecular weight excluding hydrogens is 513 g/mol. The number of rotatable bonds is 7. The topological polar surface area (TPSA) is 81.0 Å². The molecule has 1 aromatic carbocycles. The van der Waals surface area contributed by atoms with Crippen LogP contribution in [0.2, 0.25) is 10.0 Å². The molecule has 0 aliphatic carbocycles. The fourth-order valence-corrected chi connectivity index (χ4v) is 8.12. The predicted molar refractivity (Wildman–Crippen MR) is 128 cm³/mol. The Morgan fingerprint density at radius 2 is 2.06 bits per heavy atom. The van der Waals surface area contributed by atoms with Crippen LogP contribution in [0.1, 0.15) is 19.8 Å². The van der Waals surface area contributed by atoms with Crippen molar-refractivity contribution in [2.24, 2.45) is 4.99 Å². The van der Waals surface area contributed by atoms with Crippen molar-refractivity contribution in [3.05, 3.63) is 44.5 Å². The molecule has 0 saturated carbocycles. The molecule has 1 amide bonds. The second-order valence-electron chi connectivity index (χ2n) is 7.10. The Balaban J connectivity index is 1.75. The summed E-state index contributed by atoms with van der Waals surface area (Å²) in [6.07, 6.45) is 1.03. The molecule has 2 aromatic heterocycles. The van der Waals surface area contributed by atoms with Gasteiger partial charge in [0.05, 0.1) is 26.9 Å². The monoisotopic (exact) mass is 533 g/mol. The number of thiazole rings is 1. The van der Waals surface area contributed by atoms with Gasteiger partial charge in [-0.2, -0.15) is 9.30 Å². The first-order valence-corrected chi connectivity index (χ1v) is 13.9. The van der Waals surface area contributed by atoms with Crippen LogP contribution in [0.25, 0.3) is 10.2 Å². The highest BCUT2D eigenvalue weighted by Crippen LogP contribution is 2.32. The Kier molecular flexibility index (Phi) is 7.40. The zero-order chi connectivity index (χ0) is 22.9. The van der Waals surface area contributed by atoms with E-state index in [-0.39, 0.29) is 4.21 Å². The van der Waals surface area contributed by atoms with E-state index in [1.807, 2.05) is 11.5 Å². The van der Waals surface area contributed by atoms with Gasteiger partial charge in [-0.25, -0.2) is 8.42 Å². The second-order valence-corrected chi connectivity index (χ2v) is 12.0. The van der Waals surface area contributed by atoms with Gasteiger partial charge in [0.15, 0.2) is 4.80 Å². The third-order valence-corrected chi connectivity index (χ3v) is 10.3. The molecule has 172 valence electrons. The average Bonchev–Trinajstić information content (AvgIpc) is 3.51. The van der Waals surface area contributed by atoms with E-state index in [0.29, 0.717) is 59.5 Å². The van der Waals surface area contributed by atoms with Crippen molar-refractivity contribution in [2.75, 3.05) is 19.8 Å². The van der Waals surface area contributed by atoms with Gasteiger partial charge in [0.25, 0.3) is 15.9 Å². The first-order valence-electron chi connectivity index (χ1n) is 10.0. The van der Waals surface area contributed by atoms with Gasteiger partial charge in [-0.05, 0) is 43.3 Å². The minimum atomic E-state index is -3.74. The van der Waals surface area contributed by atoms with E-state index in [9.17, 15) is 13.2 Å². The number of hydrogen-bond donors (Lipinski definition) is 0. The first kappa shape index (κ1) is 23.9. The van der Waals surface area contributed by atoms with Gasteiger partial charge in [0.2, 0.25) is 0 Å². The molecule has 1 saturated heterocycles. The third-order valence-electron chi connectivity index (χ3n) is 5.14. The van der Waals surface area contributed by atoms with Crippen LogP contribution < -0.4 is 4.80 Å². The van der Waals surface area contributed by atoms with Crippen LogP contribution in [-0.4, -0.2) is 49.0 Å². The Morgan fingerprint density at radius 3 is 2.78 bits per heavy atom. The van der Waals surface area contributed by atoms with Crippen LogP contribution in [0.15, 0.2) is 38.8 Å². The smallest absolute Gasteiger partial charge is 0.266 e. The Hall–Kier alpha value is -1.27. The van der Waals surface area contributed by atoms with E-state index in [1.54, 1.807) is 29.6 Å². The number of sulfonamides is 1. The molecule has 3 aromatic rings. The molecule has 4 rings (SSSR count). The number of halogens is 2. The lowest BCUT2D eigenvalue weighted by molar-refractivity contribution is -0.121. The maximum Gasteiger partial charge on any atom is 0.266 e. The van der Waals surface area contributed by atoms with Gasteiger partial charge < -0.3 is 9.30 Å². The number of nitrogens with zero attached hydrogens (tertiary/aromatic N) is 3. The van der Waals surface area contributed by atoms with Crippen LogP contribution >= 0.6 is 45.9 Å². The zero-order valence-corrected chi connectivity index (χ0v) is 21.1. The van der Waals surface area contributed by atoms with E-state index in [0.717, 1.165) is 16.0 Å². The number of fused-ring (bicyclic) bond motifs is 1. The SMILES string of the molecule is CCOCCn1c(=NC(=O)C2CCCN2S(=O)(=O)c2cccs2)sc2c(Cl)ccc(Cl)c21.